The molecule has 3 rings (SSSR count). The van der Waals surface area contributed by atoms with Crippen molar-refractivity contribution in [1.29, 1.82) is 0 Å². The molecule has 2 aromatic rings. The number of hydrogen-bond donors (Lipinski definition) is 1. The molecule has 1 aliphatic heterocycles. The SMILES string of the molecule is C[C@H](Nc1ccncn1)c1cccc(OCC(=O)N2CCOCC2)c1. The number of ether oxygens (including phenoxy) is 2. The summed E-state index contributed by atoms with van der Waals surface area (Å²) >= 11 is 0. The molecule has 0 bridgehead atoms. The fourth-order valence-electron chi connectivity index (χ4n) is 2.60. The zero-order valence-corrected chi connectivity index (χ0v) is 14.2. The molecule has 2 heterocycles. The molecule has 0 spiro atoms. The van der Waals surface area contributed by atoms with E-state index < -0.39 is 0 Å². The number of benzene rings is 1. The Kier molecular flexibility index (Phi) is 5.79. The van der Waals surface area contributed by atoms with Gasteiger partial charge in [-0.15, -0.1) is 0 Å². The number of nitrogens with zero attached hydrogens (tertiary/aromatic N) is 3. The first-order valence-corrected chi connectivity index (χ1v) is 8.33. The Labute approximate surface area is 147 Å². The second-order valence-electron chi connectivity index (χ2n) is 5.81. The van der Waals surface area contributed by atoms with Gasteiger partial charge in [0.25, 0.3) is 5.91 Å². The lowest BCUT2D eigenvalue weighted by molar-refractivity contribution is -0.137. The van der Waals surface area contributed by atoms with Crippen LogP contribution in [-0.4, -0.2) is 53.7 Å². The highest BCUT2D eigenvalue weighted by Gasteiger charge is 2.17. The number of amides is 1. The molecule has 0 unspecified atom stereocenters. The van der Waals surface area contributed by atoms with Crippen molar-refractivity contribution < 1.29 is 14.3 Å². The summed E-state index contributed by atoms with van der Waals surface area (Å²) in [5.74, 6) is 1.42. The Morgan fingerprint density at radius 3 is 2.96 bits per heavy atom. The highest BCUT2D eigenvalue weighted by Crippen LogP contribution is 2.22. The first-order chi connectivity index (χ1) is 12.2. The van der Waals surface area contributed by atoms with Crippen LogP contribution in [0.4, 0.5) is 5.82 Å². The molecule has 0 saturated carbocycles. The van der Waals surface area contributed by atoms with E-state index in [0.29, 0.717) is 32.1 Å². The van der Waals surface area contributed by atoms with Crippen molar-refractivity contribution in [2.75, 3.05) is 38.2 Å². The van der Waals surface area contributed by atoms with E-state index in [0.717, 1.165) is 11.4 Å². The first kappa shape index (κ1) is 17.2. The number of anilines is 1. The van der Waals surface area contributed by atoms with Crippen molar-refractivity contribution in [3.63, 3.8) is 0 Å². The molecule has 1 aromatic heterocycles. The maximum Gasteiger partial charge on any atom is 0.260 e. The van der Waals surface area contributed by atoms with E-state index in [1.165, 1.54) is 6.33 Å². The topological polar surface area (TPSA) is 76.6 Å². The summed E-state index contributed by atoms with van der Waals surface area (Å²) in [7, 11) is 0. The third kappa shape index (κ3) is 4.90. The summed E-state index contributed by atoms with van der Waals surface area (Å²) < 4.78 is 10.9. The molecule has 1 saturated heterocycles. The third-order valence-electron chi connectivity index (χ3n) is 4.03. The minimum atomic E-state index is -0.0131. The molecule has 1 aromatic carbocycles. The Bertz CT molecular complexity index is 690. The normalized spacial score (nSPS) is 15.5. The van der Waals surface area contributed by atoms with Crippen molar-refractivity contribution in [3.8, 4) is 5.75 Å². The van der Waals surface area contributed by atoms with Crippen molar-refractivity contribution in [1.82, 2.24) is 14.9 Å². The molecule has 1 amide bonds. The monoisotopic (exact) mass is 342 g/mol. The number of carbonyl (C=O) groups excluding carboxylic acids is 1. The van der Waals surface area contributed by atoms with Crippen molar-refractivity contribution >= 4 is 11.7 Å². The second kappa shape index (κ2) is 8.43. The molecular weight excluding hydrogens is 320 g/mol. The molecule has 0 radical (unpaired) electrons. The molecule has 0 aliphatic carbocycles. The van der Waals surface area contributed by atoms with Crippen LogP contribution in [0.25, 0.3) is 0 Å². The van der Waals surface area contributed by atoms with E-state index in [9.17, 15) is 4.79 Å². The predicted octanol–water partition coefficient (Wildman–Crippen LogP) is 1.89. The van der Waals surface area contributed by atoms with Crippen molar-refractivity contribution in [2.45, 2.75) is 13.0 Å². The van der Waals surface area contributed by atoms with Crippen LogP contribution >= 0.6 is 0 Å². The Hall–Kier alpha value is -2.67. The van der Waals surface area contributed by atoms with E-state index in [4.69, 9.17) is 9.47 Å². The van der Waals surface area contributed by atoms with E-state index in [1.807, 2.05) is 37.3 Å². The van der Waals surface area contributed by atoms with Gasteiger partial charge in [-0.25, -0.2) is 9.97 Å². The minimum absolute atomic E-state index is 0.0131. The third-order valence-corrected chi connectivity index (χ3v) is 4.03. The number of aromatic nitrogens is 2. The maximum atomic E-state index is 12.2. The van der Waals surface area contributed by atoms with Crippen LogP contribution in [0.5, 0.6) is 5.75 Å². The smallest absolute Gasteiger partial charge is 0.260 e. The summed E-state index contributed by atoms with van der Waals surface area (Å²) in [5.41, 5.74) is 1.05. The van der Waals surface area contributed by atoms with Crippen LogP contribution in [0.1, 0.15) is 18.5 Å². The van der Waals surface area contributed by atoms with Crippen LogP contribution in [-0.2, 0) is 9.53 Å². The Morgan fingerprint density at radius 1 is 1.36 bits per heavy atom. The highest BCUT2D eigenvalue weighted by atomic mass is 16.5. The molecule has 1 aliphatic rings. The van der Waals surface area contributed by atoms with E-state index >= 15 is 0 Å². The molecule has 1 N–H and O–H groups in total. The molecule has 25 heavy (non-hydrogen) atoms. The van der Waals surface area contributed by atoms with Crippen LogP contribution in [0, 0.1) is 0 Å². The quantitative estimate of drug-likeness (QED) is 0.864. The van der Waals surface area contributed by atoms with Gasteiger partial charge < -0.3 is 19.7 Å². The second-order valence-corrected chi connectivity index (χ2v) is 5.81. The molecule has 1 fully saturated rings. The lowest BCUT2D eigenvalue weighted by atomic mass is 10.1. The number of hydrogen-bond acceptors (Lipinski definition) is 6. The number of nitrogens with one attached hydrogen (secondary N) is 1. The van der Waals surface area contributed by atoms with Crippen molar-refractivity contribution in [3.05, 3.63) is 48.4 Å². The van der Waals surface area contributed by atoms with Gasteiger partial charge in [0.1, 0.15) is 17.9 Å². The Morgan fingerprint density at radius 2 is 2.20 bits per heavy atom. The summed E-state index contributed by atoms with van der Waals surface area (Å²) in [4.78, 5) is 22.0. The summed E-state index contributed by atoms with van der Waals surface area (Å²) in [6.45, 7) is 4.52. The van der Waals surface area contributed by atoms with Crippen LogP contribution in [0.2, 0.25) is 0 Å². The average Bonchev–Trinajstić information content (AvgIpc) is 2.68. The molecule has 1 atom stereocenters. The lowest BCUT2D eigenvalue weighted by Gasteiger charge is -2.26. The highest BCUT2D eigenvalue weighted by molar-refractivity contribution is 5.77. The van der Waals surface area contributed by atoms with Gasteiger partial charge in [-0.2, -0.15) is 0 Å². The van der Waals surface area contributed by atoms with Gasteiger partial charge in [0.05, 0.1) is 19.3 Å². The Balaban J connectivity index is 1.56. The zero-order valence-electron chi connectivity index (χ0n) is 14.2. The standard InChI is InChI=1S/C18H22N4O3/c1-14(21-17-5-6-19-13-20-17)15-3-2-4-16(11-15)25-12-18(23)22-7-9-24-10-8-22/h2-6,11,13-14H,7-10,12H2,1H3,(H,19,20,21)/t14-/m0/s1. The van der Waals surface area contributed by atoms with Gasteiger partial charge in [-0.1, -0.05) is 12.1 Å². The fourth-order valence-corrected chi connectivity index (χ4v) is 2.60. The summed E-state index contributed by atoms with van der Waals surface area (Å²) in [5, 5.41) is 3.31. The van der Waals surface area contributed by atoms with Gasteiger partial charge in [-0.05, 0) is 30.7 Å². The zero-order chi connectivity index (χ0) is 17.5. The van der Waals surface area contributed by atoms with Gasteiger partial charge in [0.15, 0.2) is 6.61 Å². The molecule has 132 valence electrons. The molecule has 7 heteroatoms. The summed E-state index contributed by atoms with van der Waals surface area (Å²) in [6, 6.07) is 9.59. The van der Waals surface area contributed by atoms with E-state index in [-0.39, 0.29) is 18.6 Å². The first-order valence-electron chi connectivity index (χ1n) is 8.33. The van der Waals surface area contributed by atoms with E-state index in [1.54, 1.807) is 11.1 Å². The molecular formula is C18H22N4O3. The number of rotatable bonds is 6. The van der Waals surface area contributed by atoms with Gasteiger partial charge >= 0.3 is 0 Å². The largest absolute Gasteiger partial charge is 0.484 e. The maximum absolute atomic E-state index is 12.2. The van der Waals surface area contributed by atoms with Crippen molar-refractivity contribution in [2.24, 2.45) is 0 Å². The minimum Gasteiger partial charge on any atom is -0.484 e. The average molecular weight is 342 g/mol. The van der Waals surface area contributed by atoms with Crippen LogP contribution in [0.15, 0.2) is 42.9 Å². The number of morpholine rings is 1. The molecule has 7 nitrogen and oxygen atoms in total. The lowest BCUT2D eigenvalue weighted by Crippen LogP contribution is -2.42. The number of carbonyl (C=O) groups is 1. The van der Waals surface area contributed by atoms with Gasteiger partial charge in [0, 0.05) is 19.3 Å². The van der Waals surface area contributed by atoms with Crippen LogP contribution < -0.4 is 10.1 Å². The van der Waals surface area contributed by atoms with Gasteiger partial charge in [0.2, 0.25) is 0 Å². The fraction of sp³-hybridized carbons (Fsp3) is 0.389. The van der Waals surface area contributed by atoms with Crippen LogP contribution in [0.3, 0.4) is 0 Å². The summed E-state index contributed by atoms with van der Waals surface area (Å²) in [6.07, 6.45) is 3.20. The predicted molar refractivity (Wildman–Crippen MR) is 93.4 cm³/mol. The van der Waals surface area contributed by atoms with E-state index in [2.05, 4.69) is 15.3 Å². The van der Waals surface area contributed by atoms with Gasteiger partial charge in [-0.3, -0.25) is 4.79 Å².